The van der Waals surface area contributed by atoms with Crippen LogP contribution in [0, 0.1) is 0 Å². The van der Waals surface area contributed by atoms with Crippen molar-refractivity contribution in [2.24, 2.45) is 0 Å². The van der Waals surface area contributed by atoms with Crippen molar-refractivity contribution in [3.63, 3.8) is 0 Å². The summed E-state index contributed by atoms with van der Waals surface area (Å²) in [6.45, 7) is 0. The minimum Gasteiger partial charge on any atom is -0.412 e. The van der Waals surface area contributed by atoms with E-state index in [-0.39, 0.29) is 62.8 Å². The van der Waals surface area contributed by atoms with Crippen molar-refractivity contribution in [3.8, 4) is 0 Å². The normalized spacial score (nSPS) is 0. The number of rotatable bonds is 0. The second-order valence-electron chi connectivity index (χ2n) is 0. The smallest absolute Gasteiger partial charge is 0 e. The molecular formula is H2CoOPtZn. The zero-order valence-corrected chi connectivity index (χ0v) is 8.14. The average Bonchev–Trinajstić information content (AvgIpc) is 0. The maximum atomic E-state index is 0. The molecule has 0 aliphatic heterocycles. The molecule has 2 N–H and O–H groups in total. The predicted octanol–water partition coefficient (Wildman–Crippen LogP) is -0.832. The van der Waals surface area contributed by atoms with E-state index in [1.54, 1.807) is 0 Å². The molecule has 0 heterocycles. The third kappa shape index (κ3) is 9.22. The van der Waals surface area contributed by atoms with Gasteiger partial charge in [-0.25, -0.2) is 0 Å². The summed E-state index contributed by atoms with van der Waals surface area (Å²) in [6, 6.07) is 0. The van der Waals surface area contributed by atoms with Gasteiger partial charge in [0.2, 0.25) is 0 Å². The molecule has 0 saturated heterocycles. The maximum absolute atomic E-state index is 0. The van der Waals surface area contributed by atoms with Gasteiger partial charge < -0.3 is 5.48 Å². The first-order valence-corrected chi connectivity index (χ1v) is 0. The molecule has 1 nitrogen and oxygen atoms in total. The molecule has 1 radical (unpaired) electrons. The van der Waals surface area contributed by atoms with Crippen LogP contribution in [0.25, 0.3) is 0 Å². The Morgan fingerprint density at radius 2 is 1.00 bits per heavy atom. The van der Waals surface area contributed by atoms with E-state index in [0.29, 0.717) is 0 Å². The van der Waals surface area contributed by atoms with Crippen LogP contribution in [0.4, 0.5) is 0 Å². The topological polar surface area (TPSA) is 31.5 Å². The summed E-state index contributed by atoms with van der Waals surface area (Å²) in [5, 5.41) is 0. The Kier molecular flexibility index (Phi) is 225. The first-order chi connectivity index (χ1) is 0. The third-order valence-electron chi connectivity index (χ3n) is 0. The van der Waals surface area contributed by atoms with Gasteiger partial charge in [-0.05, 0) is 0 Å². The van der Waals surface area contributed by atoms with Gasteiger partial charge >= 0.3 is 0 Å². The van der Waals surface area contributed by atoms with Crippen LogP contribution < -0.4 is 0 Å². The summed E-state index contributed by atoms with van der Waals surface area (Å²) in [6.07, 6.45) is 0. The molecule has 0 spiro atoms. The standard InChI is InChI=1S/Co.H2O.Pt.Zn/h;1H2;;. The third-order valence-corrected chi connectivity index (χ3v) is 0. The summed E-state index contributed by atoms with van der Waals surface area (Å²) >= 11 is 0. The van der Waals surface area contributed by atoms with Crippen molar-refractivity contribution in [2.45, 2.75) is 0 Å². The van der Waals surface area contributed by atoms with E-state index in [0.717, 1.165) is 0 Å². The first-order valence-electron chi connectivity index (χ1n) is 0. The van der Waals surface area contributed by atoms with E-state index in [9.17, 15) is 0 Å². The largest absolute Gasteiger partial charge is 0.412 e. The van der Waals surface area contributed by atoms with E-state index < -0.39 is 0 Å². The second-order valence-corrected chi connectivity index (χ2v) is 0. The maximum Gasteiger partial charge on any atom is 0 e. The molecule has 0 amide bonds. The van der Waals surface area contributed by atoms with Crippen molar-refractivity contribution in [1.29, 1.82) is 0 Å². The van der Waals surface area contributed by atoms with Gasteiger partial charge in [0.25, 0.3) is 0 Å². The van der Waals surface area contributed by atoms with E-state index in [4.69, 9.17) is 0 Å². The van der Waals surface area contributed by atoms with Gasteiger partial charge in [0.1, 0.15) is 0 Å². The average molecular weight is 337 g/mol. The fourth-order valence-corrected chi connectivity index (χ4v) is 0. The van der Waals surface area contributed by atoms with Gasteiger partial charge in [-0.1, -0.05) is 0 Å². The molecule has 0 rings (SSSR count). The molecule has 0 saturated carbocycles. The zero-order chi connectivity index (χ0) is 0. The summed E-state index contributed by atoms with van der Waals surface area (Å²) in [4.78, 5) is 0. The molecule has 0 aromatic heterocycles. The van der Waals surface area contributed by atoms with Crippen LogP contribution in [0.15, 0.2) is 0 Å². The van der Waals surface area contributed by atoms with Crippen molar-refractivity contribution in [3.05, 3.63) is 0 Å². The SMILES string of the molecule is O.[Co].[Pt].[Zn]. The van der Waals surface area contributed by atoms with Crippen LogP contribution in [0.5, 0.6) is 0 Å². The van der Waals surface area contributed by atoms with Crippen LogP contribution >= 0.6 is 0 Å². The summed E-state index contributed by atoms with van der Waals surface area (Å²) in [7, 11) is 0. The number of hydrogen-bond acceptors (Lipinski definition) is 0. The van der Waals surface area contributed by atoms with Gasteiger partial charge in [0.15, 0.2) is 0 Å². The van der Waals surface area contributed by atoms with Crippen molar-refractivity contribution in [1.82, 2.24) is 0 Å². The van der Waals surface area contributed by atoms with Crippen LogP contribution in [0.2, 0.25) is 0 Å². The van der Waals surface area contributed by atoms with Crippen LogP contribution in [0.1, 0.15) is 0 Å². The Morgan fingerprint density at radius 3 is 1.00 bits per heavy atom. The van der Waals surface area contributed by atoms with Crippen molar-refractivity contribution in [2.75, 3.05) is 0 Å². The van der Waals surface area contributed by atoms with Crippen molar-refractivity contribution >= 4 is 0 Å². The molecule has 0 aliphatic carbocycles. The van der Waals surface area contributed by atoms with E-state index in [1.807, 2.05) is 0 Å². The molecular weight excluding hydrogens is 335 g/mol. The second kappa shape index (κ2) is 21.6. The van der Waals surface area contributed by atoms with Gasteiger partial charge in [-0.15, -0.1) is 0 Å². The quantitative estimate of drug-likeness (QED) is 0.517. The van der Waals surface area contributed by atoms with E-state index in [1.165, 1.54) is 0 Å². The molecule has 4 heavy (non-hydrogen) atoms. The predicted molar refractivity (Wildman–Crippen MR) is 3.61 cm³/mol. The van der Waals surface area contributed by atoms with Gasteiger partial charge in [-0.2, -0.15) is 0 Å². The molecule has 0 fully saturated rings. The molecule has 0 atom stereocenters. The Hall–Kier alpha value is 1.78. The van der Waals surface area contributed by atoms with Gasteiger partial charge in [0, 0.05) is 57.3 Å². The minimum atomic E-state index is 0. The molecule has 0 aromatic rings. The van der Waals surface area contributed by atoms with E-state index >= 15 is 0 Å². The molecule has 0 aromatic carbocycles. The fourth-order valence-electron chi connectivity index (χ4n) is 0. The number of hydrogen-bond donors (Lipinski definition) is 0. The van der Waals surface area contributed by atoms with Crippen LogP contribution in [-0.4, -0.2) is 5.48 Å². The molecule has 0 unspecified atom stereocenters. The Bertz CT molecular complexity index is 8.00. The van der Waals surface area contributed by atoms with Crippen LogP contribution in [-0.2, 0) is 57.3 Å². The zero-order valence-electron chi connectivity index (χ0n) is 1.86. The first kappa shape index (κ1) is 41.7. The minimum absolute atomic E-state index is 0. The molecule has 4 heteroatoms. The van der Waals surface area contributed by atoms with Gasteiger partial charge in [-0.3, -0.25) is 0 Å². The Labute approximate surface area is 62.4 Å². The van der Waals surface area contributed by atoms with Gasteiger partial charge in [0.05, 0.1) is 0 Å². The molecule has 0 aliphatic rings. The summed E-state index contributed by atoms with van der Waals surface area (Å²) in [5.74, 6) is 0. The Morgan fingerprint density at radius 1 is 1.00 bits per heavy atom. The molecule has 0 bridgehead atoms. The summed E-state index contributed by atoms with van der Waals surface area (Å²) < 4.78 is 0. The molecule has 29 valence electrons. The monoisotopic (exact) mass is 336 g/mol. The van der Waals surface area contributed by atoms with Crippen molar-refractivity contribution < 1.29 is 62.8 Å². The fraction of sp³-hybridized carbons (Fsp3) is 0. The van der Waals surface area contributed by atoms with Crippen LogP contribution in [0.3, 0.4) is 0 Å². The summed E-state index contributed by atoms with van der Waals surface area (Å²) in [5.41, 5.74) is 0. The Balaban J connectivity index is 0. The van der Waals surface area contributed by atoms with E-state index in [2.05, 4.69) is 0 Å².